The van der Waals surface area contributed by atoms with Gasteiger partial charge in [-0.05, 0) is 69.0 Å². The smallest absolute Gasteiger partial charge is 0.295 e. The second kappa shape index (κ2) is 8.19. The third-order valence-electron chi connectivity index (χ3n) is 5.78. The quantitative estimate of drug-likeness (QED) is 0.467. The minimum Gasteiger partial charge on any atom is -0.319 e. The number of aryl methyl sites for hydroxylation is 3. The third-order valence-corrected chi connectivity index (χ3v) is 5.78. The third kappa shape index (κ3) is 3.99. The van der Waals surface area contributed by atoms with Crippen LogP contribution in [0.1, 0.15) is 38.4 Å². The normalized spacial score (nSPS) is 10.9. The van der Waals surface area contributed by atoms with Crippen LogP contribution in [0.25, 0.3) is 17.1 Å². The summed E-state index contributed by atoms with van der Waals surface area (Å²) in [7, 11) is 0. The molecule has 4 rings (SSSR count). The van der Waals surface area contributed by atoms with Gasteiger partial charge in [-0.2, -0.15) is 0 Å². The Kier molecular flexibility index (Phi) is 5.42. The highest BCUT2D eigenvalue weighted by molar-refractivity contribution is 6.02. The van der Waals surface area contributed by atoms with E-state index in [2.05, 4.69) is 35.3 Å². The number of aromatic nitrogens is 3. The topological polar surface area (TPSA) is 59.8 Å². The number of anilines is 1. The Balaban J connectivity index is 1.81. The van der Waals surface area contributed by atoms with Crippen molar-refractivity contribution in [3.63, 3.8) is 0 Å². The van der Waals surface area contributed by atoms with Gasteiger partial charge < -0.3 is 5.32 Å². The van der Waals surface area contributed by atoms with Crippen LogP contribution in [-0.4, -0.2) is 20.7 Å². The molecule has 0 aliphatic carbocycles. The minimum absolute atomic E-state index is 0.136. The van der Waals surface area contributed by atoms with Gasteiger partial charge in [0.2, 0.25) is 5.82 Å². The molecule has 1 N–H and O–H groups in total. The predicted molar refractivity (Wildman–Crippen MR) is 125 cm³/mol. The number of nitrogens with zero attached hydrogens (tertiary/aromatic N) is 3. The zero-order valence-electron chi connectivity index (χ0n) is 18.5. The van der Waals surface area contributed by atoms with Crippen molar-refractivity contribution in [2.75, 3.05) is 5.32 Å². The average molecular weight is 411 g/mol. The van der Waals surface area contributed by atoms with Gasteiger partial charge in [0.05, 0.1) is 5.69 Å². The second-order valence-electron chi connectivity index (χ2n) is 7.96. The number of amides is 1. The first-order valence-corrected chi connectivity index (χ1v) is 10.3. The fraction of sp³-hybridized carbons (Fsp3) is 0.192. The van der Waals surface area contributed by atoms with Crippen molar-refractivity contribution in [2.24, 2.45) is 0 Å². The summed E-state index contributed by atoms with van der Waals surface area (Å²) in [4.78, 5) is 17.7. The van der Waals surface area contributed by atoms with Crippen molar-refractivity contribution < 1.29 is 4.79 Å². The minimum atomic E-state index is -0.328. The Labute approximate surface area is 182 Å². The summed E-state index contributed by atoms with van der Waals surface area (Å²) >= 11 is 0. The van der Waals surface area contributed by atoms with E-state index in [1.807, 2.05) is 75.4 Å². The molecule has 0 saturated heterocycles. The Morgan fingerprint density at radius 3 is 2.16 bits per heavy atom. The maximum atomic E-state index is 13.1. The van der Waals surface area contributed by atoms with Gasteiger partial charge in [-0.3, -0.25) is 4.79 Å². The molecule has 0 spiro atoms. The molecule has 0 aliphatic heterocycles. The monoisotopic (exact) mass is 410 g/mol. The van der Waals surface area contributed by atoms with Crippen LogP contribution in [-0.2, 0) is 0 Å². The molecule has 0 aliphatic rings. The largest absolute Gasteiger partial charge is 0.319 e. The molecular weight excluding hydrogens is 384 g/mol. The van der Waals surface area contributed by atoms with E-state index in [4.69, 9.17) is 0 Å². The van der Waals surface area contributed by atoms with E-state index < -0.39 is 0 Å². The number of benzene rings is 3. The molecule has 0 fully saturated rings. The lowest BCUT2D eigenvalue weighted by atomic mass is 10.1. The highest BCUT2D eigenvalue weighted by Crippen LogP contribution is 2.26. The summed E-state index contributed by atoms with van der Waals surface area (Å²) in [5, 5.41) is 7.59. The summed E-state index contributed by atoms with van der Waals surface area (Å²) in [6.07, 6.45) is 0. The van der Waals surface area contributed by atoms with E-state index in [0.29, 0.717) is 5.82 Å². The molecule has 1 aromatic heterocycles. The lowest BCUT2D eigenvalue weighted by molar-refractivity contribution is 0.101. The maximum absolute atomic E-state index is 13.1. The summed E-state index contributed by atoms with van der Waals surface area (Å²) in [6.45, 7) is 10.2. The molecule has 5 nitrogen and oxygen atoms in total. The molecule has 31 heavy (non-hydrogen) atoms. The van der Waals surface area contributed by atoms with Gasteiger partial charge in [0.1, 0.15) is 0 Å². The Bertz CT molecular complexity index is 1270. The first-order valence-electron chi connectivity index (χ1n) is 10.3. The van der Waals surface area contributed by atoms with E-state index in [1.165, 1.54) is 0 Å². The van der Waals surface area contributed by atoms with Crippen molar-refractivity contribution in [1.29, 1.82) is 0 Å². The van der Waals surface area contributed by atoms with Crippen molar-refractivity contribution in [3.05, 3.63) is 94.3 Å². The van der Waals surface area contributed by atoms with Crippen LogP contribution in [0.3, 0.4) is 0 Å². The summed E-state index contributed by atoms with van der Waals surface area (Å²) in [6, 6.07) is 20.0. The number of hydrogen-bond acceptors (Lipinski definition) is 3. The van der Waals surface area contributed by atoms with Gasteiger partial charge in [0.25, 0.3) is 5.91 Å². The molecule has 5 heteroatoms. The van der Waals surface area contributed by atoms with Crippen LogP contribution in [0.2, 0.25) is 0 Å². The van der Waals surface area contributed by atoms with Gasteiger partial charge in [0.15, 0.2) is 5.82 Å². The van der Waals surface area contributed by atoms with E-state index >= 15 is 0 Å². The molecule has 4 aromatic rings. The lowest BCUT2D eigenvalue weighted by Gasteiger charge is -2.11. The standard InChI is InChI=1S/C26H26N4O/c1-16-12-14-21(15-13-16)25-28-24(26(31)27-22-10-6-8-17(2)19(22)4)29-30(25)23-11-7-9-18(3)20(23)5/h6-15H,1-5H3,(H,27,31). The molecule has 0 radical (unpaired) electrons. The second-order valence-corrected chi connectivity index (χ2v) is 7.96. The Morgan fingerprint density at radius 2 is 1.45 bits per heavy atom. The molecule has 1 amide bonds. The first-order chi connectivity index (χ1) is 14.8. The van der Waals surface area contributed by atoms with E-state index in [0.717, 1.165) is 44.8 Å². The number of rotatable bonds is 4. The van der Waals surface area contributed by atoms with E-state index in [-0.39, 0.29) is 11.7 Å². The van der Waals surface area contributed by atoms with Crippen molar-refractivity contribution in [3.8, 4) is 17.1 Å². The predicted octanol–water partition coefficient (Wildman–Crippen LogP) is 5.73. The van der Waals surface area contributed by atoms with Crippen LogP contribution in [0, 0.1) is 34.6 Å². The van der Waals surface area contributed by atoms with Crippen molar-refractivity contribution >= 4 is 11.6 Å². The molecule has 0 atom stereocenters. The van der Waals surface area contributed by atoms with E-state index in [1.54, 1.807) is 4.68 Å². The lowest BCUT2D eigenvalue weighted by Crippen LogP contribution is -2.15. The highest BCUT2D eigenvalue weighted by Gasteiger charge is 2.20. The van der Waals surface area contributed by atoms with Crippen molar-refractivity contribution in [2.45, 2.75) is 34.6 Å². The first kappa shape index (κ1) is 20.5. The highest BCUT2D eigenvalue weighted by atomic mass is 16.2. The number of nitrogens with one attached hydrogen (secondary N) is 1. The zero-order chi connectivity index (χ0) is 22.1. The summed E-state index contributed by atoms with van der Waals surface area (Å²) in [5.74, 6) is 0.448. The van der Waals surface area contributed by atoms with Gasteiger partial charge in [0, 0.05) is 11.3 Å². The van der Waals surface area contributed by atoms with Crippen LogP contribution in [0.5, 0.6) is 0 Å². The Hall–Kier alpha value is -3.73. The number of carbonyl (C=O) groups is 1. The van der Waals surface area contributed by atoms with Crippen molar-refractivity contribution in [1.82, 2.24) is 14.8 Å². The van der Waals surface area contributed by atoms with Gasteiger partial charge >= 0.3 is 0 Å². The van der Waals surface area contributed by atoms with Gasteiger partial charge in [-0.1, -0.05) is 54.1 Å². The van der Waals surface area contributed by atoms with Crippen LogP contribution < -0.4 is 5.32 Å². The van der Waals surface area contributed by atoms with Crippen LogP contribution in [0.15, 0.2) is 60.7 Å². The molecule has 3 aromatic carbocycles. The zero-order valence-corrected chi connectivity index (χ0v) is 18.5. The van der Waals surface area contributed by atoms with Gasteiger partial charge in [-0.15, -0.1) is 5.10 Å². The maximum Gasteiger partial charge on any atom is 0.295 e. The number of carbonyl (C=O) groups excluding carboxylic acids is 1. The molecular formula is C26H26N4O. The van der Waals surface area contributed by atoms with E-state index in [9.17, 15) is 4.79 Å². The van der Waals surface area contributed by atoms with Crippen LogP contribution in [0.4, 0.5) is 5.69 Å². The average Bonchev–Trinajstić information content (AvgIpc) is 3.19. The fourth-order valence-corrected chi connectivity index (χ4v) is 3.50. The Morgan fingerprint density at radius 1 is 0.806 bits per heavy atom. The van der Waals surface area contributed by atoms with Crippen LogP contribution >= 0.6 is 0 Å². The number of hydrogen-bond donors (Lipinski definition) is 1. The summed E-state index contributed by atoms with van der Waals surface area (Å²) in [5.41, 5.74) is 8.15. The summed E-state index contributed by atoms with van der Waals surface area (Å²) < 4.78 is 1.77. The SMILES string of the molecule is Cc1ccc(-c2nc(C(=O)Nc3cccc(C)c3C)nn2-c2cccc(C)c2C)cc1. The molecule has 1 heterocycles. The molecule has 156 valence electrons. The molecule has 0 saturated carbocycles. The molecule has 0 bridgehead atoms. The van der Waals surface area contributed by atoms with Gasteiger partial charge in [-0.25, -0.2) is 9.67 Å². The molecule has 0 unspecified atom stereocenters. The fourth-order valence-electron chi connectivity index (χ4n) is 3.50.